The topological polar surface area (TPSA) is 85.1 Å². The van der Waals surface area contributed by atoms with Gasteiger partial charge in [-0.25, -0.2) is 9.48 Å². The van der Waals surface area contributed by atoms with Crippen molar-refractivity contribution < 1.29 is 4.79 Å². The smallest absolute Gasteiger partial charge is 0.345 e. The minimum atomic E-state index is 0.0172. The van der Waals surface area contributed by atoms with Crippen LogP contribution in [0.5, 0.6) is 0 Å². The molecule has 2 aliphatic heterocycles. The first-order valence-corrected chi connectivity index (χ1v) is 10.3. The number of carbonyl (C=O) groups is 1. The number of pyridine rings is 1. The van der Waals surface area contributed by atoms with Gasteiger partial charge in [-0.15, -0.1) is 0 Å². The van der Waals surface area contributed by atoms with Gasteiger partial charge in [0, 0.05) is 44.0 Å². The average Bonchev–Trinajstić information content (AvgIpc) is 3.03. The summed E-state index contributed by atoms with van der Waals surface area (Å²) in [6.07, 6.45) is 7.13. The van der Waals surface area contributed by atoms with E-state index in [4.69, 9.17) is 0 Å². The van der Waals surface area contributed by atoms with E-state index in [1.165, 1.54) is 0 Å². The monoisotopic (exact) mass is 384 g/mol. The van der Waals surface area contributed by atoms with Crippen molar-refractivity contribution in [1.29, 1.82) is 0 Å². The van der Waals surface area contributed by atoms with E-state index in [9.17, 15) is 9.59 Å². The van der Waals surface area contributed by atoms with Crippen LogP contribution in [0.1, 0.15) is 37.2 Å². The van der Waals surface area contributed by atoms with Crippen molar-refractivity contribution in [2.75, 3.05) is 19.6 Å². The molecule has 1 amide bonds. The van der Waals surface area contributed by atoms with Crippen molar-refractivity contribution in [3.05, 3.63) is 46.4 Å². The number of fused-ring (bicyclic) bond motifs is 1. The molecule has 8 heteroatoms. The van der Waals surface area contributed by atoms with Crippen molar-refractivity contribution in [1.82, 2.24) is 29.5 Å². The van der Waals surface area contributed by atoms with Gasteiger partial charge in [-0.2, -0.15) is 5.10 Å². The van der Waals surface area contributed by atoms with E-state index in [-0.39, 0.29) is 17.6 Å². The Morgan fingerprint density at radius 2 is 2.11 bits per heavy atom. The third-order valence-corrected chi connectivity index (χ3v) is 5.60. The Labute approximate surface area is 164 Å². The largest absolute Gasteiger partial charge is 0.352 e. The van der Waals surface area contributed by atoms with E-state index in [2.05, 4.69) is 20.3 Å². The van der Waals surface area contributed by atoms with Gasteiger partial charge in [0.25, 0.3) is 0 Å². The van der Waals surface area contributed by atoms with Crippen molar-refractivity contribution in [3.63, 3.8) is 0 Å². The molecule has 1 saturated heterocycles. The van der Waals surface area contributed by atoms with Crippen LogP contribution >= 0.6 is 0 Å². The fourth-order valence-electron chi connectivity index (χ4n) is 4.15. The number of carbonyl (C=O) groups excluding carboxylic acids is 1. The van der Waals surface area contributed by atoms with Crippen LogP contribution in [0.4, 0.5) is 0 Å². The Hall–Kier alpha value is -2.48. The Balaban J connectivity index is 1.28. The molecule has 4 heterocycles. The van der Waals surface area contributed by atoms with E-state index < -0.39 is 0 Å². The van der Waals surface area contributed by atoms with Gasteiger partial charge in [-0.3, -0.25) is 19.2 Å². The highest BCUT2D eigenvalue weighted by atomic mass is 16.2. The molecule has 1 fully saturated rings. The van der Waals surface area contributed by atoms with Crippen LogP contribution in [0.3, 0.4) is 0 Å². The van der Waals surface area contributed by atoms with Gasteiger partial charge < -0.3 is 5.32 Å². The summed E-state index contributed by atoms with van der Waals surface area (Å²) >= 11 is 0. The van der Waals surface area contributed by atoms with Crippen molar-refractivity contribution >= 4 is 5.91 Å². The summed E-state index contributed by atoms with van der Waals surface area (Å²) in [5.74, 6) is 0.943. The molecule has 1 unspecified atom stereocenters. The molecule has 0 bridgehead atoms. The normalized spacial score (nSPS) is 19.9. The predicted octanol–water partition coefficient (Wildman–Crippen LogP) is 0.599. The second kappa shape index (κ2) is 8.68. The van der Waals surface area contributed by atoms with Crippen LogP contribution in [0.25, 0.3) is 0 Å². The van der Waals surface area contributed by atoms with Crippen LogP contribution in [-0.2, 0) is 30.7 Å². The number of hydrogen-bond donors (Lipinski definition) is 1. The summed E-state index contributed by atoms with van der Waals surface area (Å²) in [5.41, 5.74) is 0.808. The highest BCUT2D eigenvalue weighted by molar-refractivity contribution is 5.78. The number of aromatic nitrogens is 4. The minimum Gasteiger partial charge on any atom is -0.352 e. The lowest BCUT2D eigenvalue weighted by Crippen LogP contribution is -2.49. The van der Waals surface area contributed by atoms with Crippen LogP contribution in [0.15, 0.2) is 29.2 Å². The summed E-state index contributed by atoms with van der Waals surface area (Å²) in [6.45, 7) is 3.99. The second-order valence-electron chi connectivity index (χ2n) is 7.74. The number of aryl methyl sites for hydroxylation is 1. The number of nitrogens with one attached hydrogen (secondary N) is 1. The average molecular weight is 384 g/mol. The van der Waals surface area contributed by atoms with Crippen molar-refractivity contribution in [2.45, 2.75) is 57.7 Å². The number of piperidine rings is 1. The molecule has 150 valence electrons. The maximum Gasteiger partial charge on any atom is 0.345 e. The van der Waals surface area contributed by atoms with Crippen LogP contribution in [0.2, 0.25) is 0 Å². The Kier molecular flexibility index (Phi) is 5.85. The fourth-order valence-corrected chi connectivity index (χ4v) is 4.15. The highest BCUT2D eigenvalue weighted by Gasteiger charge is 2.22. The fraction of sp³-hybridized carbons (Fsp3) is 0.600. The molecular weight excluding hydrogens is 356 g/mol. The zero-order chi connectivity index (χ0) is 19.3. The first-order chi connectivity index (χ1) is 13.7. The third-order valence-electron chi connectivity index (χ3n) is 5.60. The molecule has 28 heavy (non-hydrogen) atoms. The minimum absolute atomic E-state index is 0.0172. The lowest BCUT2D eigenvalue weighted by atomic mass is 10.1. The molecule has 2 aliphatic rings. The van der Waals surface area contributed by atoms with E-state index in [0.717, 1.165) is 69.8 Å². The molecule has 0 aliphatic carbocycles. The molecule has 2 aromatic heterocycles. The van der Waals surface area contributed by atoms with Crippen molar-refractivity contribution in [2.24, 2.45) is 0 Å². The Morgan fingerprint density at radius 3 is 2.93 bits per heavy atom. The van der Waals surface area contributed by atoms with E-state index in [1.807, 2.05) is 22.8 Å². The zero-order valence-corrected chi connectivity index (χ0v) is 16.2. The molecule has 0 radical (unpaired) electrons. The number of rotatable bonds is 6. The second-order valence-corrected chi connectivity index (χ2v) is 7.74. The standard InChI is InChI=1S/C20H28N6O2/c27-19(14-16-6-1-3-9-21-16)22-17-7-5-10-24(15-17)12-13-26-20(28)25-11-4-2-8-18(25)23-26/h1,3,6,9,17H,2,4-5,7-8,10-15H2,(H,22,27). The first-order valence-electron chi connectivity index (χ1n) is 10.3. The number of hydrogen-bond acceptors (Lipinski definition) is 5. The molecule has 0 saturated carbocycles. The molecule has 8 nitrogen and oxygen atoms in total. The van der Waals surface area contributed by atoms with Crippen LogP contribution in [0, 0.1) is 0 Å². The maximum absolute atomic E-state index is 12.5. The summed E-state index contributed by atoms with van der Waals surface area (Å²) in [4.78, 5) is 31.3. The maximum atomic E-state index is 12.5. The summed E-state index contributed by atoms with van der Waals surface area (Å²) in [5, 5.41) is 7.65. The lowest BCUT2D eigenvalue weighted by molar-refractivity contribution is -0.121. The summed E-state index contributed by atoms with van der Waals surface area (Å²) in [7, 11) is 0. The van der Waals surface area contributed by atoms with Gasteiger partial charge in [-0.05, 0) is 44.4 Å². The van der Waals surface area contributed by atoms with Gasteiger partial charge in [0.1, 0.15) is 5.82 Å². The van der Waals surface area contributed by atoms with E-state index >= 15 is 0 Å². The van der Waals surface area contributed by atoms with Gasteiger partial charge >= 0.3 is 5.69 Å². The summed E-state index contributed by atoms with van der Waals surface area (Å²) < 4.78 is 3.43. The zero-order valence-electron chi connectivity index (χ0n) is 16.2. The van der Waals surface area contributed by atoms with Gasteiger partial charge in [0.2, 0.25) is 5.91 Å². The molecule has 4 rings (SSSR count). The van der Waals surface area contributed by atoms with Crippen molar-refractivity contribution in [3.8, 4) is 0 Å². The summed E-state index contributed by atoms with van der Waals surface area (Å²) in [6, 6.07) is 5.77. The van der Waals surface area contributed by atoms with E-state index in [0.29, 0.717) is 13.0 Å². The highest BCUT2D eigenvalue weighted by Crippen LogP contribution is 2.12. The SMILES string of the molecule is O=C(Cc1ccccn1)NC1CCCN(CCn2nc3n(c2=O)CCCC3)C1. The lowest BCUT2D eigenvalue weighted by Gasteiger charge is -2.33. The first kappa shape index (κ1) is 18.9. The van der Waals surface area contributed by atoms with Gasteiger partial charge in [0.15, 0.2) is 0 Å². The Bertz CT molecular complexity index is 859. The number of nitrogens with zero attached hydrogens (tertiary/aromatic N) is 5. The van der Waals surface area contributed by atoms with Gasteiger partial charge in [-0.1, -0.05) is 6.07 Å². The molecule has 2 aromatic rings. The van der Waals surface area contributed by atoms with Gasteiger partial charge in [0.05, 0.1) is 13.0 Å². The predicted molar refractivity (Wildman–Crippen MR) is 105 cm³/mol. The van der Waals surface area contributed by atoms with Crippen LogP contribution < -0.4 is 11.0 Å². The molecule has 0 aromatic carbocycles. The molecule has 0 spiro atoms. The molecular formula is C20H28N6O2. The van der Waals surface area contributed by atoms with E-state index in [1.54, 1.807) is 10.9 Å². The number of likely N-dealkylation sites (tertiary alicyclic amines) is 1. The number of amides is 1. The molecule has 1 atom stereocenters. The third kappa shape index (κ3) is 4.49. The Morgan fingerprint density at radius 1 is 1.18 bits per heavy atom. The quantitative estimate of drug-likeness (QED) is 0.788. The van der Waals surface area contributed by atoms with Crippen LogP contribution in [-0.4, -0.2) is 55.8 Å². The molecule has 1 N–H and O–H groups in total.